The SMILES string of the molecule is c1ccc(-c2csc(CNCCCC3CCCC3)c2)cc1. The third-order valence-corrected chi connectivity index (χ3v) is 5.44. The Balaban J connectivity index is 1.39. The summed E-state index contributed by atoms with van der Waals surface area (Å²) in [6.07, 6.45) is 8.65. The molecule has 0 unspecified atom stereocenters. The Kier molecular flexibility index (Phi) is 5.47. The van der Waals surface area contributed by atoms with E-state index in [1.54, 1.807) is 0 Å². The van der Waals surface area contributed by atoms with E-state index < -0.39 is 0 Å². The first-order valence-electron chi connectivity index (χ1n) is 8.25. The first kappa shape index (κ1) is 14.8. The predicted molar refractivity (Wildman–Crippen MR) is 92.7 cm³/mol. The molecule has 0 saturated heterocycles. The van der Waals surface area contributed by atoms with Crippen molar-refractivity contribution in [3.8, 4) is 11.1 Å². The van der Waals surface area contributed by atoms with Crippen LogP contribution in [-0.4, -0.2) is 6.54 Å². The summed E-state index contributed by atoms with van der Waals surface area (Å²) in [5.74, 6) is 1.03. The van der Waals surface area contributed by atoms with Gasteiger partial charge in [0.05, 0.1) is 0 Å². The molecule has 112 valence electrons. The summed E-state index contributed by atoms with van der Waals surface area (Å²) in [5.41, 5.74) is 2.67. The maximum Gasteiger partial charge on any atom is 0.0299 e. The van der Waals surface area contributed by atoms with E-state index in [1.807, 2.05) is 11.3 Å². The summed E-state index contributed by atoms with van der Waals surface area (Å²) >= 11 is 1.87. The monoisotopic (exact) mass is 299 g/mol. The fourth-order valence-corrected chi connectivity index (χ4v) is 4.14. The molecular formula is C19H25NS. The maximum absolute atomic E-state index is 3.60. The number of nitrogens with one attached hydrogen (secondary N) is 1. The lowest BCUT2D eigenvalue weighted by Gasteiger charge is -2.08. The largest absolute Gasteiger partial charge is 0.312 e. The van der Waals surface area contributed by atoms with Crippen molar-refractivity contribution in [1.82, 2.24) is 5.32 Å². The van der Waals surface area contributed by atoms with Gasteiger partial charge >= 0.3 is 0 Å². The number of rotatable bonds is 7. The molecule has 0 bridgehead atoms. The molecule has 21 heavy (non-hydrogen) atoms. The third-order valence-electron chi connectivity index (χ3n) is 4.50. The van der Waals surface area contributed by atoms with Crippen LogP contribution in [0.25, 0.3) is 11.1 Å². The average molecular weight is 299 g/mol. The van der Waals surface area contributed by atoms with Crippen molar-refractivity contribution >= 4 is 11.3 Å². The molecule has 1 N–H and O–H groups in total. The summed E-state index contributed by atoms with van der Waals surface area (Å²) in [5, 5.41) is 5.87. The fourth-order valence-electron chi connectivity index (χ4n) is 3.28. The normalized spacial score (nSPS) is 15.6. The molecule has 1 aromatic heterocycles. The molecule has 1 fully saturated rings. The van der Waals surface area contributed by atoms with Crippen molar-refractivity contribution in [2.75, 3.05) is 6.54 Å². The molecule has 1 nitrogen and oxygen atoms in total. The maximum atomic E-state index is 3.60. The van der Waals surface area contributed by atoms with Crippen LogP contribution in [0.4, 0.5) is 0 Å². The minimum atomic E-state index is 1.02. The van der Waals surface area contributed by atoms with Gasteiger partial charge in [0.2, 0.25) is 0 Å². The third kappa shape index (κ3) is 4.42. The van der Waals surface area contributed by atoms with Crippen LogP contribution in [0.3, 0.4) is 0 Å². The van der Waals surface area contributed by atoms with Crippen LogP contribution < -0.4 is 5.32 Å². The smallest absolute Gasteiger partial charge is 0.0299 e. The lowest BCUT2D eigenvalue weighted by atomic mass is 10.0. The van der Waals surface area contributed by atoms with Gasteiger partial charge in [-0.25, -0.2) is 0 Å². The highest BCUT2D eigenvalue weighted by Gasteiger charge is 2.13. The Morgan fingerprint density at radius 2 is 1.86 bits per heavy atom. The van der Waals surface area contributed by atoms with Crippen molar-refractivity contribution in [3.63, 3.8) is 0 Å². The van der Waals surface area contributed by atoms with Crippen LogP contribution in [-0.2, 0) is 6.54 Å². The Bertz CT molecular complexity index is 526. The Hall–Kier alpha value is -1.12. The zero-order valence-electron chi connectivity index (χ0n) is 12.7. The van der Waals surface area contributed by atoms with E-state index in [2.05, 4.69) is 47.1 Å². The highest BCUT2D eigenvalue weighted by Crippen LogP contribution is 2.28. The number of hydrogen-bond donors (Lipinski definition) is 1. The molecule has 0 atom stereocenters. The molecule has 0 aliphatic heterocycles. The van der Waals surface area contributed by atoms with Crippen LogP contribution in [0.5, 0.6) is 0 Å². The molecule has 0 spiro atoms. The first-order chi connectivity index (χ1) is 10.4. The summed E-state index contributed by atoms with van der Waals surface area (Å²) in [4.78, 5) is 1.44. The van der Waals surface area contributed by atoms with Gasteiger partial charge in [-0.2, -0.15) is 0 Å². The number of hydrogen-bond acceptors (Lipinski definition) is 2. The molecule has 2 heteroatoms. The van der Waals surface area contributed by atoms with Crippen molar-refractivity contribution in [2.45, 2.75) is 45.1 Å². The van der Waals surface area contributed by atoms with Gasteiger partial charge in [0.15, 0.2) is 0 Å². The number of thiophene rings is 1. The quantitative estimate of drug-likeness (QED) is 0.668. The highest BCUT2D eigenvalue weighted by molar-refractivity contribution is 7.10. The second kappa shape index (κ2) is 7.77. The second-order valence-electron chi connectivity index (χ2n) is 6.14. The molecule has 0 amide bonds. The van der Waals surface area contributed by atoms with Gasteiger partial charge in [-0.05, 0) is 47.9 Å². The number of benzene rings is 1. The summed E-state index contributed by atoms with van der Waals surface area (Å²) in [6, 6.07) is 13.0. The summed E-state index contributed by atoms with van der Waals surface area (Å²) in [6.45, 7) is 2.18. The summed E-state index contributed by atoms with van der Waals surface area (Å²) in [7, 11) is 0. The van der Waals surface area contributed by atoms with E-state index in [0.29, 0.717) is 0 Å². The lowest BCUT2D eigenvalue weighted by molar-refractivity contribution is 0.471. The topological polar surface area (TPSA) is 12.0 Å². The van der Waals surface area contributed by atoms with Crippen molar-refractivity contribution in [2.24, 2.45) is 5.92 Å². The molecule has 1 saturated carbocycles. The molecule has 1 aliphatic rings. The van der Waals surface area contributed by atoms with Crippen molar-refractivity contribution < 1.29 is 0 Å². The van der Waals surface area contributed by atoms with Crippen LogP contribution in [0, 0.1) is 5.92 Å². The minimum Gasteiger partial charge on any atom is -0.312 e. The van der Waals surface area contributed by atoms with E-state index >= 15 is 0 Å². The Morgan fingerprint density at radius 3 is 2.67 bits per heavy atom. The van der Waals surface area contributed by atoms with Crippen LogP contribution in [0.2, 0.25) is 0 Å². The molecule has 3 rings (SSSR count). The second-order valence-corrected chi connectivity index (χ2v) is 7.13. The van der Waals surface area contributed by atoms with E-state index in [0.717, 1.165) is 19.0 Å². The van der Waals surface area contributed by atoms with Gasteiger partial charge in [-0.15, -0.1) is 11.3 Å². The minimum absolute atomic E-state index is 1.02. The van der Waals surface area contributed by atoms with E-state index in [4.69, 9.17) is 0 Å². The zero-order chi connectivity index (χ0) is 14.3. The van der Waals surface area contributed by atoms with E-state index in [1.165, 1.54) is 54.5 Å². The van der Waals surface area contributed by atoms with Gasteiger partial charge in [0.25, 0.3) is 0 Å². The molecule has 0 radical (unpaired) electrons. The van der Waals surface area contributed by atoms with Gasteiger partial charge in [0, 0.05) is 11.4 Å². The molecular weight excluding hydrogens is 274 g/mol. The highest BCUT2D eigenvalue weighted by atomic mass is 32.1. The molecule has 1 aromatic carbocycles. The van der Waals surface area contributed by atoms with Gasteiger partial charge in [0.1, 0.15) is 0 Å². The first-order valence-corrected chi connectivity index (χ1v) is 9.13. The van der Waals surface area contributed by atoms with Crippen LogP contribution in [0.1, 0.15) is 43.4 Å². The summed E-state index contributed by atoms with van der Waals surface area (Å²) < 4.78 is 0. The van der Waals surface area contributed by atoms with E-state index in [-0.39, 0.29) is 0 Å². The standard InChI is InChI=1S/C19H25NS/c1-2-10-17(11-3-1)18-13-19(21-15-18)14-20-12-6-9-16-7-4-5-8-16/h1-3,10-11,13,15-16,20H,4-9,12,14H2. The van der Waals surface area contributed by atoms with Crippen molar-refractivity contribution in [1.29, 1.82) is 0 Å². The van der Waals surface area contributed by atoms with Crippen LogP contribution in [0.15, 0.2) is 41.8 Å². The Labute approximate surface area is 132 Å². The van der Waals surface area contributed by atoms with Gasteiger partial charge in [-0.1, -0.05) is 56.0 Å². The predicted octanol–water partition coefficient (Wildman–Crippen LogP) is 5.48. The fraction of sp³-hybridized carbons (Fsp3) is 0.474. The van der Waals surface area contributed by atoms with Crippen molar-refractivity contribution in [3.05, 3.63) is 46.7 Å². The zero-order valence-corrected chi connectivity index (χ0v) is 13.5. The Morgan fingerprint density at radius 1 is 1.05 bits per heavy atom. The van der Waals surface area contributed by atoms with Gasteiger partial charge in [-0.3, -0.25) is 0 Å². The lowest BCUT2D eigenvalue weighted by Crippen LogP contribution is -2.14. The average Bonchev–Trinajstić information content (AvgIpc) is 3.19. The molecule has 1 aliphatic carbocycles. The van der Waals surface area contributed by atoms with Crippen LogP contribution >= 0.6 is 11.3 Å². The van der Waals surface area contributed by atoms with E-state index in [9.17, 15) is 0 Å². The molecule has 1 heterocycles. The van der Waals surface area contributed by atoms with Gasteiger partial charge < -0.3 is 5.32 Å². The molecule has 2 aromatic rings.